The molecule has 0 fully saturated rings. The van der Waals surface area contributed by atoms with Crippen LogP contribution in [0.4, 0.5) is 4.79 Å². The van der Waals surface area contributed by atoms with Crippen LogP contribution in [0.3, 0.4) is 0 Å². The lowest BCUT2D eigenvalue weighted by Gasteiger charge is -2.43. The van der Waals surface area contributed by atoms with Crippen LogP contribution in [0.5, 0.6) is 0 Å². The number of hydrogen-bond acceptors (Lipinski definition) is 2. The zero-order valence-electron chi connectivity index (χ0n) is 10.4. The maximum atomic E-state index is 11.5. The van der Waals surface area contributed by atoms with Crippen molar-refractivity contribution in [2.24, 2.45) is 5.41 Å². The Morgan fingerprint density at radius 3 is 2.29 bits per heavy atom. The van der Waals surface area contributed by atoms with E-state index >= 15 is 0 Å². The molecule has 0 saturated heterocycles. The number of nitrogens with zero attached hydrogens (tertiary/aromatic N) is 1. The normalized spacial score (nSPS) is 24.8. The molecule has 0 aromatic heterocycles. The van der Waals surface area contributed by atoms with E-state index in [1.165, 1.54) is 0 Å². The third kappa shape index (κ3) is 2.78. The Balaban J connectivity index is 3.16. The maximum Gasteiger partial charge on any atom is 0.408 e. The van der Waals surface area contributed by atoms with Gasteiger partial charge in [0.25, 0.3) is 0 Å². The van der Waals surface area contributed by atoms with Crippen LogP contribution in [-0.4, -0.2) is 39.3 Å². The standard InChI is InChI=1S/C12H19NO4/c1-11(2,3)8-12(9(14)15)6-4-5-7-13(12)10(16)17/h4-5H,6-8H2,1-3H3,(H,14,15)(H,16,17). The van der Waals surface area contributed by atoms with Crippen LogP contribution >= 0.6 is 0 Å². The number of aliphatic carboxylic acids is 1. The molecule has 0 aliphatic carbocycles. The van der Waals surface area contributed by atoms with Gasteiger partial charge in [-0.05, 0) is 18.3 Å². The van der Waals surface area contributed by atoms with Crippen molar-refractivity contribution in [3.63, 3.8) is 0 Å². The number of carboxylic acid groups (broad SMARTS) is 2. The summed E-state index contributed by atoms with van der Waals surface area (Å²) in [5.74, 6) is -1.07. The van der Waals surface area contributed by atoms with Crippen LogP contribution in [0.15, 0.2) is 12.2 Å². The summed E-state index contributed by atoms with van der Waals surface area (Å²) in [6, 6.07) is 0. The minimum absolute atomic E-state index is 0.137. The van der Waals surface area contributed by atoms with Crippen molar-refractivity contribution in [1.82, 2.24) is 4.90 Å². The predicted molar refractivity (Wildman–Crippen MR) is 62.9 cm³/mol. The van der Waals surface area contributed by atoms with Crippen LogP contribution < -0.4 is 0 Å². The highest BCUT2D eigenvalue weighted by atomic mass is 16.4. The Labute approximate surface area is 101 Å². The topological polar surface area (TPSA) is 77.8 Å². The van der Waals surface area contributed by atoms with Gasteiger partial charge in [0.05, 0.1) is 0 Å². The molecule has 17 heavy (non-hydrogen) atoms. The molecular formula is C12H19NO4. The van der Waals surface area contributed by atoms with E-state index in [0.29, 0.717) is 6.42 Å². The van der Waals surface area contributed by atoms with Gasteiger partial charge in [-0.15, -0.1) is 0 Å². The summed E-state index contributed by atoms with van der Waals surface area (Å²) in [6.45, 7) is 5.87. The van der Waals surface area contributed by atoms with Crippen molar-refractivity contribution < 1.29 is 19.8 Å². The van der Waals surface area contributed by atoms with E-state index in [4.69, 9.17) is 5.11 Å². The molecule has 1 rings (SSSR count). The number of rotatable bonds is 2. The van der Waals surface area contributed by atoms with E-state index in [2.05, 4.69) is 0 Å². The summed E-state index contributed by atoms with van der Waals surface area (Å²) in [7, 11) is 0. The zero-order chi connectivity index (χ0) is 13.3. The van der Waals surface area contributed by atoms with Gasteiger partial charge >= 0.3 is 12.1 Å². The Hall–Kier alpha value is -1.52. The average Bonchev–Trinajstić information content (AvgIpc) is 2.15. The molecule has 1 unspecified atom stereocenters. The molecule has 0 aromatic rings. The van der Waals surface area contributed by atoms with Crippen LogP contribution in [0.2, 0.25) is 0 Å². The van der Waals surface area contributed by atoms with Crippen molar-refractivity contribution in [3.8, 4) is 0 Å². The highest BCUT2D eigenvalue weighted by molar-refractivity contribution is 5.84. The summed E-state index contributed by atoms with van der Waals surface area (Å²) in [5, 5.41) is 18.6. The molecule has 1 amide bonds. The molecule has 0 radical (unpaired) electrons. The first-order valence-corrected chi connectivity index (χ1v) is 5.58. The fraction of sp³-hybridized carbons (Fsp3) is 0.667. The van der Waals surface area contributed by atoms with Gasteiger partial charge in [-0.3, -0.25) is 4.90 Å². The summed E-state index contributed by atoms with van der Waals surface area (Å²) in [6.07, 6.45) is 2.79. The zero-order valence-corrected chi connectivity index (χ0v) is 10.4. The molecule has 0 spiro atoms. The maximum absolute atomic E-state index is 11.5. The quantitative estimate of drug-likeness (QED) is 0.726. The predicted octanol–water partition coefficient (Wildman–Crippen LogP) is 2.19. The Kier molecular flexibility index (Phi) is 3.50. The van der Waals surface area contributed by atoms with E-state index in [0.717, 1.165) is 4.90 Å². The van der Waals surface area contributed by atoms with Crippen molar-refractivity contribution in [2.45, 2.75) is 39.2 Å². The van der Waals surface area contributed by atoms with Crippen molar-refractivity contribution in [2.75, 3.05) is 6.54 Å². The summed E-state index contributed by atoms with van der Waals surface area (Å²) in [4.78, 5) is 23.7. The lowest BCUT2D eigenvalue weighted by Crippen LogP contribution is -2.59. The van der Waals surface area contributed by atoms with E-state index in [1.54, 1.807) is 12.2 Å². The number of amides is 1. The molecule has 1 aliphatic heterocycles. The van der Waals surface area contributed by atoms with Gasteiger partial charge < -0.3 is 10.2 Å². The molecule has 1 atom stereocenters. The van der Waals surface area contributed by atoms with Crippen LogP contribution in [-0.2, 0) is 4.79 Å². The number of carboxylic acids is 1. The average molecular weight is 241 g/mol. The first kappa shape index (κ1) is 13.5. The van der Waals surface area contributed by atoms with Gasteiger partial charge in [0, 0.05) is 6.54 Å². The van der Waals surface area contributed by atoms with Crippen molar-refractivity contribution in [1.29, 1.82) is 0 Å². The van der Waals surface area contributed by atoms with E-state index < -0.39 is 17.6 Å². The molecule has 2 N–H and O–H groups in total. The third-order valence-corrected chi connectivity index (χ3v) is 2.88. The molecular weight excluding hydrogens is 222 g/mol. The largest absolute Gasteiger partial charge is 0.479 e. The minimum atomic E-state index is -1.33. The lowest BCUT2D eigenvalue weighted by molar-refractivity contribution is -0.152. The monoisotopic (exact) mass is 241 g/mol. The Morgan fingerprint density at radius 2 is 1.88 bits per heavy atom. The summed E-state index contributed by atoms with van der Waals surface area (Å²) < 4.78 is 0. The Morgan fingerprint density at radius 1 is 1.29 bits per heavy atom. The molecule has 1 heterocycles. The summed E-state index contributed by atoms with van der Waals surface area (Å²) >= 11 is 0. The number of hydrogen-bond donors (Lipinski definition) is 2. The second-order valence-corrected chi connectivity index (χ2v) is 5.64. The summed E-state index contributed by atoms with van der Waals surface area (Å²) in [5.41, 5.74) is -1.59. The minimum Gasteiger partial charge on any atom is -0.479 e. The molecule has 5 nitrogen and oxygen atoms in total. The second kappa shape index (κ2) is 4.39. The molecule has 96 valence electrons. The van der Waals surface area contributed by atoms with Crippen LogP contribution in [0.1, 0.15) is 33.6 Å². The van der Waals surface area contributed by atoms with Gasteiger partial charge in [0.1, 0.15) is 5.54 Å². The smallest absolute Gasteiger partial charge is 0.408 e. The first-order valence-electron chi connectivity index (χ1n) is 5.58. The van der Waals surface area contributed by atoms with Crippen LogP contribution in [0, 0.1) is 5.41 Å². The van der Waals surface area contributed by atoms with Gasteiger partial charge in [-0.2, -0.15) is 0 Å². The SMILES string of the molecule is CC(C)(C)CC1(C(=O)O)CC=CCN1C(=O)O. The third-order valence-electron chi connectivity index (χ3n) is 2.88. The number of carbonyl (C=O) groups is 2. The van der Waals surface area contributed by atoms with E-state index in [1.807, 2.05) is 20.8 Å². The molecule has 0 aromatic carbocycles. The highest BCUT2D eigenvalue weighted by Crippen LogP contribution is 2.36. The highest BCUT2D eigenvalue weighted by Gasteiger charge is 2.49. The molecule has 5 heteroatoms. The van der Waals surface area contributed by atoms with E-state index in [-0.39, 0.29) is 18.4 Å². The van der Waals surface area contributed by atoms with Gasteiger partial charge in [-0.1, -0.05) is 32.9 Å². The molecule has 0 saturated carbocycles. The second-order valence-electron chi connectivity index (χ2n) is 5.64. The lowest BCUT2D eigenvalue weighted by atomic mass is 9.75. The molecule has 0 bridgehead atoms. The van der Waals surface area contributed by atoms with Crippen molar-refractivity contribution >= 4 is 12.1 Å². The first-order chi connectivity index (χ1) is 7.69. The van der Waals surface area contributed by atoms with Crippen molar-refractivity contribution in [3.05, 3.63) is 12.2 Å². The van der Waals surface area contributed by atoms with Gasteiger partial charge in [0.2, 0.25) is 0 Å². The fourth-order valence-corrected chi connectivity index (χ4v) is 2.33. The van der Waals surface area contributed by atoms with E-state index in [9.17, 15) is 14.7 Å². The van der Waals surface area contributed by atoms with Gasteiger partial charge in [-0.25, -0.2) is 9.59 Å². The van der Waals surface area contributed by atoms with Crippen LogP contribution in [0.25, 0.3) is 0 Å². The fourth-order valence-electron chi connectivity index (χ4n) is 2.33. The Bertz CT molecular complexity index is 356. The van der Waals surface area contributed by atoms with Gasteiger partial charge in [0.15, 0.2) is 0 Å². The molecule has 1 aliphatic rings.